The van der Waals surface area contributed by atoms with Crippen molar-refractivity contribution in [1.29, 1.82) is 0 Å². The summed E-state index contributed by atoms with van der Waals surface area (Å²) in [6, 6.07) is 22.8. The fourth-order valence-corrected chi connectivity index (χ4v) is 5.94. The highest BCUT2D eigenvalue weighted by Crippen LogP contribution is 2.34. The number of fused-ring (bicyclic) bond motifs is 1. The standard InChI is InChI=1S/C29H32IN3O2/c1-29(28(35)31-24-9-5-6-10-24)20-32-25(23-7-3-2-4-8-23)15-16-26(32)27(34)33(29)18-17-21-11-13-22(19-30)14-12-21/h2-4,7-8,11-16,24H,5-6,9-10,17-20H2,1H3,(H,31,35). The number of nitrogens with zero attached hydrogens (tertiary/aromatic N) is 2. The molecule has 35 heavy (non-hydrogen) atoms. The van der Waals surface area contributed by atoms with E-state index in [1.807, 2.05) is 46.7 Å². The molecule has 2 amide bonds. The van der Waals surface area contributed by atoms with E-state index in [4.69, 9.17) is 0 Å². The van der Waals surface area contributed by atoms with E-state index in [9.17, 15) is 9.59 Å². The van der Waals surface area contributed by atoms with E-state index in [-0.39, 0.29) is 17.9 Å². The van der Waals surface area contributed by atoms with E-state index in [0.29, 0.717) is 25.2 Å². The van der Waals surface area contributed by atoms with E-state index in [1.54, 1.807) is 0 Å². The van der Waals surface area contributed by atoms with Crippen LogP contribution in [0.5, 0.6) is 0 Å². The van der Waals surface area contributed by atoms with Crippen molar-refractivity contribution in [3.05, 3.63) is 83.6 Å². The summed E-state index contributed by atoms with van der Waals surface area (Å²) in [6.45, 7) is 2.88. The monoisotopic (exact) mass is 581 g/mol. The zero-order valence-corrected chi connectivity index (χ0v) is 22.3. The van der Waals surface area contributed by atoms with Gasteiger partial charge in [0.25, 0.3) is 5.91 Å². The Morgan fingerprint density at radius 2 is 1.63 bits per heavy atom. The first-order chi connectivity index (χ1) is 17.0. The molecule has 3 aromatic rings. The molecular formula is C29H32IN3O2. The maximum Gasteiger partial charge on any atom is 0.271 e. The molecule has 0 saturated heterocycles. The first-order valence-electron chi connectivity index (χ1n) is 12.5. The highest BCUT2D eigenvalue weighted by atomic mass is 127. The Labute approximate surface area is 221 Å². The molecule has 2 aromatic carbocycles. The highest BCUT2D eigenvalue weighted by molar-refractivity contribution is 14.1. The third-order valence-corrected chi connectivity index (χ3v) is 8.44. The fourth-order valence-electron chi connectivity index (χ4n) is 5.43. The van der Waals surface area contributed by atoms with Gasteiger partial charge in [-0.05, 0) is 55.0 Å². The summed E-state index contributed by atoms with van der Waals surface area (Å²) in [5.41, 5.74) is 4.18. The van der Waals surface area contributed by atoms with Gasteiger partial charge in [0, 0.05) is 22.7 Å². The molecule has 1 unspecified atom stereocenters. The van der Waals surface area contributed by atoms with Crippen molar-refractivity contribution in [1.82, 2.24) is 14.8 Å². The van der Waals surface area contributed by atoms with Crippen molar-refractivity contribution in [2.24, 2.45) is 0 Å². The molecule has 2 heterocycles. The number of nitrogens with one attached hydrogen (secondary N) is 1. The van der Waals surface area contributed by atoms with Gasteiger partial charge in [0.1, 0.15) is 11.2 Å². The molecule has 2 aliphatic rings. The second-order valence-corrected chi connectivity index (χ2v) is 10.7. The van der Waals surface area contributed by atoms with Gasteiger partial charge < -0.3 is 14.8 Å². The molecule has 0 radical (unpaired) electrons. The van der Waals surface area contributed by atoms with Gasteiger partial charge in [-0.15, -0.1) is 0 Å². The lowest BCUT2D eigenvalue weighted by Crippen LogP contribution is -2.65. The Morgan fingerprint density at radius 3 is 2.31 bits per heavy atom. The van der Waals surface area contributed by atoms with Crippen LogP contribution < -0.4 is 5.32 Å². The number of carbonyl (C=O) groups excluding carboxylic acids is 2. The molecule has 1 saturated carbocycles. The smallest absolute Gasteiger partial charge is 0.271 e. The molecular weight excluding hydrogens is 549 g/mol. The number of alkyl halides is 1. The minimum absolute atomic E-state index is 0.0450. The predicted molar refractivity (Wildman–Crippen MR) is 148 cm³/mol. The van der Waals surface area contributed by atoms with Crippen LogP contribution in [0.15, 0.2) is 66.7 Å². The van der Waals surface area contributed by atoms with E-state index in [2.05, 4.69) is 64.3 Å². The summed E-state index contributed by atoms with van der Waals surface area (Å²) >= 11 is 2.36. The highest BCUT2D eigenvalue weighted by Gasteiger charge is 2.48. The molecule has 1 aromatic heterocycles. The Morgan fingerprint density at radius 1 is 0.971 bits per heavy atom. The fraction of sp³-hybridized carbons (Fsp3) is 0.379. The summed E-state index contributed by atoms with van der Waals surface area (Å²) < 4.78 is 3.01. The maximum absolute atomic E-state index is 13.9. The molecule has 0 bridgehead atoms. The van der Waals surface area contributed by atoms with Crippen LogP contribution in [0.3, 0.4) is 0 Å². The van der Waals surface area contributed by atoms with E-state index in [0.717, 1.165) is 41.4 Å². The van der Waals surface area contributed by atoms with Gasteiger partial charge in [0.2, 0.25) is 5.91 Å². The summed E-state index contributed by atoms with van der Waals surface area (Å²) in [5, 5.41) is 3.29. The minimum atomic E-state index is -0.961. The molecule has 0 spiro atoms. The number of halogens is 1. The quantitative estimate of drug-likeness (QED) is 0.292. The van der Waals surface area contributed by atoms with Crippen LogP contribution in [-0.2, 0) is 22.2 Å². The van der Waals surface area contributed by atoms with E-state index in [1.165, 1.54) is 11.1 Å². The van der Waals surface area contributed by atoms with Crippen LogP contribution in [-0.4, -0.2) is 39.4 Å². The molecule has 1 N–H and O–H groups in total. The number of hydrogen-bond acceptors (Lipinski definition) is 2. The van der Waals surface area contributed by atoms with Crippen LogP contribution in [0.25, 0.3) is 11.3 Å². The third-order valence-electron chi connectivity index (χ3n) is 7.56. The second-order valence-electron chi connectivity index (χ2n) is 9.94. The lowest BCUT2D eigenvalue weighted by molar-refractivity contribution is -0.133. The number of amides is 2. The summed E-state index contributed by atoms with van der Waals surface area (Å²) in [7, 11) is 0. The number of carbonyl (C=O) groups is 2. The number of rotatable bonds is 7. The van der Waals surface area contributed by atoms with Crippen molar-refractivity contribution in [3.8, 4) is 11.3 Å². The topological polar surface area (TPSA) is 54.3 Å². The van der Waals surface area contributed by atoms with Crippen LogP contribution in [0.4, 0.5) is 0 Å². The second kappa shape index (κ2) is 10.2. The van der Waals surface area contributed by atoms with Gasteiger partial charge in [-0.2, -0.15) is 0 Å². The van der Waals surface area contributed by atoms with Crippen molar-refractivity contribution in [2.45, 2.75) is 61.6 Å². The Kier molecular flexibility index (Phi) is 7.00. The van der Waals surface area contributed by atoms with E-state index < -0.39 is 5.54 Å². The summed E-state index contributed by atoms with van der Waals surface area (Å²) in [4.78, 5) is 29.5. The Bertz CT molecular complexity index is 1200. The van der Waals surface area contributed by atoms with Crippen molar-refractivity contribution in [2.75, 3.05) is 6.54 Å². The lowest BCUT2D eigenvalue weighted by atomic mass is 9.93. The molecule has 5 nitrogen and oxygen atoms in total. The first-order valence-corrected chi connectivity index (χ1v) is 14.0. The van der Waals surface area contributed by atoms with E-state index >= 15 is 0 Å². The summed E-state index contributed by atoms with van der Waals surface area (Å²) in [6.07, 6.45) is 5.05. The molecule has 1 aliphatic heterocycles. The molecule has 1 atom stereocenters. The maximum atomic E-state index is 13.9. The zero-order chi connectivity index (χ0) is 24.4. The van der Waals surface area contributed by atoms with Gasteiger partial charge in [-0.25, -0.2) is 0 Å². The number of benzene rings is 2. The lowest BCUT2D eigenvalue weighted by Gasteiger charge is -2.45. The Hall–Kier alpha value is -2.61. The van der Waals surface area contributed by atoms with Crippen LogP contribution in [0.2, 0.25) is 0 Å². The van der Waals surface area contributed by atoms with Crippen LogP contribution >= 0.6 is 22.6 Å². The first kappa shape index (κ1) is 24.1. The van der Waals surface area contributed by atoms with Gasteiger partial charge in [0.05, 0.1) is 6.54 Å². The average molecular weight is 581 g/mol. The zero-order valence-electron chi connectivity index (χ0n) is 20.2. The average Bonchev–Trinajstić information content (AvgIpc) is 3.55. The SMILES string of the molecule is CC1(C(=O)NC2CCCC2)Cn2c(ccc2-c2ccccc2)C(=O)N1CCc1ccc(CI)cc1. The van der Waals surface area contributed by atoms with Crippen LogP contribution in [0.1, 0.15) is 54.2 Å². The molecule has 1 fully saturated rings. The molecule has 5 rings (SSSR count). The van der Waals surface area contributed by atoms with Crippen LogP contribution in [0, 0.1) is 0 Å². The molecule has 1 aliphatic carbocycles. The van der Waals surface area contributed by atoms with Gasteiger partial charge in [-0.3, -0.25) is 9.59 Å². The molecule has 182 valence electrons. The number of aromatic nitrogens is 1. The predicted octanol–water partition coefficient (Wildman–Crippen LogP) is 5.61. The Balaban J connectivity index is 1.47. The van der Waals surface area contributed by atoms with Crippen molar-refractivity contribution in [3.63, 3.8) is 0 Å². The number of hydrogen-bond donors (Lipinski definition) is 1. The van der Waals surface area contributed by atoms with Gasteiger partial charge >= 0.3 is 0 Å². The summed E-state index contributed by atoms with van der Waals surface area (Å²) in [5.74, 6) is -0.122. The van der Waals surface area contributed by atoms with Crippen molar-refractivity contribution < 1.29 is 9.59 Å². The van der Waals surface area contributed by atoms with Gasteiger partial charge in [-0.1, -0.05) is 90.0 Å². The normalized spacial score (nSPS) is 20.2. The van der Waals surface area contributed by atoms with Gasteiger partial charge in [0.15, 0.2) is 0 Å². The largest absolute Gasteiger partial charge is 0.351 e. The molecule has 6 heteroatoms. The third kappa shape index (κ3) is 4.77. The minimum Gasteiger partial charge on any atom is -0.351 e. The van der Waals surface area contributed by atoms with Crippen molar-refractivity contribution >= 4 is 34.4 Å².